The molecule has 0 amide bonds. The van der Waals surface area contributed by atoms with Crippen LogP contribution in [0, 0.1) is 11.3 Å². The zero-order valence-corrected chi connectivity index (χ0v) is 20.6. The Hall–Kier alpha value is -2.50. The number of aryl methyl sites for hydroxylation is 1. The van der Waals surface area contributed by atoms with Gasteiger partial charge in [-0.15, -0.1) is 27.2 Å². The molecule has 2 aliphatic heterocycles. The van der Waals surface area contributed by atoms with E-state index in [1.165, 1.54) is 25.7 Å². The fourth-order valence-electron chi connectivity index (χ4n) is 4.40. The summed E-state index contributed by atoms with van der Waals surface area (Å²) in [6, 6.07) is 12.6. The Morgan fingerprint density at radius 1 is 0.969 bits per heavy atom. The number of benzene rings is 1. The second-order valence-corrected chi connectivity index (χ2v) is 9.20. The van der Waals surface area contributed by atoms with Gasteiger partial charge >= 0.3 is 0 Å². The zero-order chi connectivity index (χ0) is 21.0. The summed E-state index contributed by atoms with van der Waals surface area (Å²) in [5.41, 5.74) is 2.58. The molecular weight excluding hydrogens is 484 g/mol. The Bertz CT molecular complexity index is 1120. The molecular formula is C24H27BrN6S. The van der Waals surface area contributed by atoms with E-state index < -0.39 is 0 Å². The molecule has 2 aromatic heterocycles. The van der Waals surface area contributed by atoms with Crippen molar-refractivity contribution in [3.8, 4) is 17.3 Å². The molecule has 6 nitrogen and oxygen atoms in total. The van der Waals surface area contributed by atoms with E-state index in [-0.39, 0.29) is 17.0 Å². The zero-order valence-electron chi connectivity index (χ0n) is 18.0. The molecule has 1 aromatic carbocycles. The highest BCUT2D eigenvalue weighted by molar-refractivity contribution is 8.93. The van der Waals surface area contributed by atoms with Crippen LogP contribution in [-0.4, -0.2) is 32.8 Å². The number of nitriles is 1. The van der Waals surface area contributed by atoms with E-state index in [0.29, 0.717) is 11.4 Å². The molecule has 0 unspecified atom stereocenters. The van der Waals surface area contributed by atoms with Crippen LogP contribution in [0.5, 0.6) is 0 Å². The van der Waals surface area contributed by atoms with Gasteiger partial charge < -0.3 is 9.47 Å². The predicted octanol–water partition coefficient (Wildman–Crippen LogP) is 5.76. The highest BCUT2D eigenvalue weighted by Crippen LogP contribution is 2.36. The van der Waals surface area contributed by atoms with Crippen LogP contribution in [0.1, 0.15) is 55.1 Å². The lowest BCUT2D eigenvalue weighted by Crippen LogP contribution is -2.29. The number of thiazole rings is 1. The molecule has 4 heterocycles. The van der Waals surface area contributed by atoms with Gasteiger partial charge in [-0.05, 0) is 38.2 Å². The van der Waals surface area contributed by atoms with Crippen molar-refractivity contribution >= 4 is 45.1 Å². The Labute approximate surface area is 203 Å². The minimum Gasteiger partial charge on any atom is -0.348 e. The summed E-state index contributed by atoms with van der Waals surface area (Å²) in [7, 11) is 0. The van der Waals surface area contributed by atoms with E-state index in [9.17, 15) is 5.26 Å². The minimum atomic E-state index is 0. The van der Waals surface area contributed by atoms with Crippen LogP contribution in [0.2, 0.25) is 0 Å². The van der Waals surface area contributed by atoms with E-state index in [1.54, 1.807) is 11.3 Å². The number of nitrogens with zero attached hydrogens (tertiary/aromatic N) is 6. The Balaban J connectivity index is 0.00000245. The molecule has 32 heavy (non-hydrogen) atoms. The molecule has 3 aromatic rings. The number of piperidine rings is 1. The fourth-order valence-corrected chi connectivity index (χ4v) is 5.49. The lowest BCUT2D eigenvalue weighted by Gasteiger charge is -2.25. The third-order valence-electron chi connectivity index (χ3n) is 6.06. The molecule has 0 radical (unpaired) electrons. The third kappa shape index (κ3) is 4.64. The summed E-state index contributed by atoms with van der Waals surface area (Å²) in [5.74, 6) is 1.68. The maximum Gasteiger partial charge on any atom is 0.186 e. The Morgan fingerprint density at radius 2 is 1.72 bits per heavy atom. The molecule has 8 heteroatoms. The molecule has 2 aliphatic rings. The smallest absolute Gasteiger partial charge is 0.186 e. The number of anilines is 1. The van der Waals surface area contributed by atoms with Gasteiger partial charge in [0.25, 0.3) is 0 Å². The summed E-state index contributed by atoms with van der Waals surface area (Å²) in [5, 5.41) is 19.9. The van der Waals surface area contributed by atoms with Crippen LogP contribution in [0.4, 0.5) is 5.13 Å². The van der Waals surface area contributed by atoms with Gasteiger partial charge in [-0.25, -0.2) is 4.98 Å². The summed E-state index contributed by atoms with van der Waals surface area (Å²) < 4.78 is 2.14. The molecule has 0 aliphatic carbocycles. The van der Waals surface area contributed by atoms with E-state index >= 15 is 0 Å². The molecule has 0 spiro atoms. The lowest BCUT2D eigenvalue weighted by atomic mass is 10.1. The van der Waals surface area contributed by atoms with Crippen molar-refractivity contribution in [2.45, 2.75) is 51.5 Å². The molecule has 0 atom stereocenters. The summed E-state index contributed by atoms with van der Waals surface area (Å²) >= 11 is 1.67. The quantitative estimate of drug-likeness (QED) is 0.417. The van der Waals surface area contributed by atoms with Crippen LogP contribution >= 0.6 is 28.3 Å². The molecule has 1 fully saturated rings. The van der Waals surface area contributed by atoms with Crippen molar-refractivity contribution in [1.82, 2.24) is 19.7 Å². The van der Waals surface area contributed by atoms with Crippen molar-refractivity contribution in [2.75, 3.05) is 18.0 Å². The van der Waals surface area contributed by atoms with Crippen molar-refractivity contribution in [3.05, 3.63) is 46.9 Å². The minimum absolute atomic E-state index is 0. The van der Waals surface area contributed by atoms with Crippen LogP contribution in [0.3, 0.4) is 0 Å². The second kappa shape index (κ2) is 10.4. The van der Waals surface area contributed by atoms with Crippen molar-refractivity contribution in [1.29, 1.82) is 5.26 Å². The van der Waals surface area contributed by atoms with Gasteiger partial charge in [0.1, 0.15) is 11.9 Å². The second-order valence-electron chi connectivity index (χ2n) is 8.19. The maximum absolute atomic E-state index is 10.0. The largest absolute Gasteiger partial charge is 0.348 e. The normalized spacial score (nSPS) is 16.6. The van der Waals surface area contributed by atoms with Crippen LogP contribution in [0.15, 0.2) is 30.3 Å². The Kier molecular flexibility index (Phi) is 7.38. The van der Waals surface area contributed by atoms with Gasteiger partial charge in [0.2, 0.25) is 0 Å². The van der Waals surface area contributed by atoms with Gasteiger partial charge in [0.05, 0.1) is 16.1 Å². The molecule has 0 bridgehead atoms. The highest BCUT2D eigenvalue weighted by Gasteiger charge is 2.21. The summed E-state index contributed by atoms with van der Waals surface area (Å²) in [6.07, 6.45) is 10.0. The highest BCUT2D eigenvalue weighted by atomic mass is 79.9. The van der Waals surface area contributed by atoms with Crippen molar-refractivity contribution < 1.29 is 0 Å². The standard InChI is InChI=1S/C24H26N6S.BrH/c25-17-19(23-28-27-21-12-6-2-9-15-30(21)23)16-20-22(18-10-4-1-5-11-18)26-24(31-20)29-13-7-3-8-14-29;/h1,4-5,10-11,16H,2-3,6-9,12-15H2;1H. The van der Waals surface area contributed by atoms with Gasteiger partial charge in [0.15, 0.2) is 11.0 Å². The first-order valence-corrected chi connectivity index (χ1v) is 12.0. The van der Waals surface area contributed by atoms with Gasteiger partial charge in [0, 0.05) is 31.6 Å². The SMILES string of the molecule is Br.N#CC(=Cc1sc(N2CCCCC2)nc1-c1ccccc1)c1nnc2n1CCCCC2. The predicted molar refractivity (Wildman–Crippen MR) is 135 cm³/mol. The number of fused-ring (bicyclic) bond motifs is 1. The van der Waals surface area contributed by atoms with Crippen LogP contribution in [0.25, 0.3) is 22.9 Å². The van der Waals surface area contributed by atoms with Crippen molar-refractivity contribution in [2.24, 2.45) is 0 Å². The van der Waals surface area contributed by atoms with E-state index in [1.807, 2.05) is 24.3 Å². The first-order chi connectivity index (χ1) is 15.3. The maximum atomic E-state index is 10.0. The number of halogens is 1. The van der Waals surface area contributed by atoms with Crippen LogP contribution in [-0.2, 0) is 13.0 Å². The fraction of sp³-hybridized carbons (Fsp3) is 0.417. The molecule has 5 rings (SSSR count). The van der Waals surface area contributed by atoms with Crippen molar-refractivity contribution in [3.63, 3.8) is 0 Å². The molecule has 166 valence electrons. The van der Waals surface area contributed by atoms with Gasteiger partial charge in [-0.3, -0.25) is 0 Å². The number of rotatable bonds is 4. The summed E-state index contributed by atoms with van der Waals surface area (Å²) in [4.78, 5) is 8.41. The number of hydrogen-bond acceptors (Lipinski definition) is 6. The topological polar surface area (TPSA) is 70.6 Å². The van der Waals surface area contributed by atoms with Gasteiger partial charge in [-0.2, -0.15) is 5.26 Å². The number of allylic oxidation sites excluding steroid dienone is 1. The first-order valence-electron chi connectivity index (χ1n) is 11.2. The monoisotopic (exact) mass is 510 g/mol. The molecule has 0 saturated carbocycles. The third-order valence-corrected chi connectivity index (χ3v) is 7.13. The number of aromatic nitrogens is 4. The number of hydrogen-bond donors (Lipinski definition) is 0. The average molecular weight is 511 g/mol. The average Bonchev–Trinajstić information content (AvgIpc) is 3.35. The van der Waals surface area contributed by atoms with E-state index in [4.69, 9.17) is 4.98 Å². The van der Waals surface area contributed by atoms with Crippen LogP contribution < -0.4 is 4.90 Å². The summed E-state index contributed by atoms with van der Waals surface area (Å²) in [6.45, 7) is 2.98. The molecule has 1 saturated heterocycles. The lowest BCUT2D eigenvalue weighted by molar-refractivity contribution is 0.577. The van der Waals surface area contributed by atoms with E-state index in [0.717, 1.165) is 66.0 Å². The molecule has 0 N–H and O–H groups in total. The van der Waals surface area contributed by atoms with E-state index in [2.05, 4.69) is 37.9 Å². The first kappa shape index (κ1) is 22.7. The van der Waals surface area contributed by atoms with Gasteiger partial charge in [-0.1, -0.05) is 48.1 Å². The Morgan fingerprint density at radius 3 is 2.50 bits per heavy atom.